The van der Waals surface area contributed by atoms with Gasteiger partial charge in [-0.3, -0.25) is 4.79 Å². The number of carbonyl (C=O) groups excluding carboxylic acids is 1. The van der Waals surface area contributed by atoms with Crippen LogP contribution in [0.4, 0.5) is 0 Å². The number of rotatable bonds is 2. The molecule has 1 amide bonds. The molecule has 102 valence electrons. The Morgan fingerprint density at radius 2 is 1.82 bits per heavy atom. The van der Waals surface area contributed by atoms with Crippen molar-refractivity contribution in [2.75, 3.05) is 26.7 Å². The molecule has 1 heterocycles. The van der Waals surface area contributed by atoms with Crippen molar-refractivity contribution < 1.29 is 4.79 Å². The summed E-state index contributed by atoms with van der Waals surface area (Å²) in [5.74, 6) is 0.0694. The first-order valence-electron chi connectivity index (χ1n) is 6.80. The maximum absolute atomic E-state index is 11.4. The third kappa shape index (κ3) is 6.47. The molecule has 1 aliphatic heterocycles. The average molecular weight is 242 g/mol. The molecule has 0 aromatic carbocycles. The molecule has 0 bridgehead atoms. The third-order valence-electron chi connectivity index (χ3n) is 2.61. The second-order valence-corrected chi connectivity index (χ2v) is 3.56. The lowest BCUT2D eigenvalue weighted by atomic mass is 10.1. The molecule has 17 heavy (non-hydrogen) atoms. The predicted molar refractivity (Wildman–Crippen MR) is 76.2 cm³/mol. The highest BCUT2D eigenvalue weighted by Crippen LogP contribution is 2.11. The van der Waals surface area contributed by atoms with Gasteiger partial charge in [-0.2, -0.15) is 0 Å². The molecule has 3 heteroatoms. The smallest absolute Gasteiger partial charge is 0.246 e. The highest BCUT2D eigenvalue weighted by Gasteiger charge is 2.25. The van der Waals surface area contributed by atoms with E-state index >= 15 is 0 Å². The zero-order chi connectivity index (χ0) is 13.8. The van der Waals surface area contributed by atoms with Gasteiger partial charge in [0.2, 0.25) is 5.91 Å². The average Bonchev–Trinajstić information content (AvgIpc) is 2.42. The Balaban J connectivity index is 0. The molecule has 1 rings (SSSR count). The highest BCUT2D eigenvalue weighted by atomic mass is 16.2. The van der Waals surface area contributed by atoms with E-state index in [1.54, 1.807) is 0 Å². The Kier molecular flexibility index (Phi) is 12.7. The molecule has 0 radical (unpaired) electrons. The van der Waals surface area contributed by atoms with Crippen LogP contribution in [-0.4, -0.2) is 48.4 Å². The number of amides is 1. The summed E-state index contributed by atoms with van der Waals surface area (Å²) in [4.78, 5) is 15.6. The van der Waals surface area contributed by atoms with E-state index in [9.17, 15) is 4.79 Å². The fraction of sp³-hybridized carbons (Fsp3) is 0.786. The van der Waals surface area contributed by atoms with E-state index in [4.69, 9.17) is 0 Å². The Bertz CT molecular complexity index is 204. The quantitative estimate of drug-likeness (QED) is 0.695. The summed E-state index contributed by atoms with van der Waals surface area (Å²) in [5, 5.41) is 0. The zero-order valence-electron chi connectivity index (χ0n) is 12.5. The van der Waals surface area contributed by atoms with Crippen molar-refractivity contribution in [3.05, 3.63) is 12.7 Å². The van der Waals surface area contributed by atoms with Gasteiger partial charge in [0.05, 0.1) is 0 Å². The van der Waals surface area contributed by atoms with Crippen molar-refractivity contribution in [2.24, 2.45) is 0 Å². The molecule has 1 atom stereocenters. The van der Waals surface area contributed by atoms with Gasteiger partial charge in [0.1, 0.15) is 0 Å². The monoisotopic (exact) mass is 242 g/mol. The van der Waals surface area contributed by atoms with Crippen LogP contribution in [0.25, 0.3) is 0 Å². The minimum absolute atomic E-state index is 0.0694. The second kappa shape index (κ2) is 11.6. The SMILES string of the molecule is C=CC(=O)N1CCN(C)CC1CC.CC.CC. The van der Waals surface area contributed by atoms with Gasteiger partial charge in [0.25, 0.3) is 0 Å². The van der Waals surface area contributed by atoms with Gasteiger partial charge in [-0.05, 0) is 19.5 Å². The minimum atomic E-state index is 0.0694. The van der Waals surface area contributed by atoms with Gasteiger partial charge in [-0.25, -0.2) is 0 Å². The second-order valence-electron chi connectivity index (χ2n) is 3.56. The molecular weight excluding hydrogens is 212 g/mol. The molecular formula is C14H30N2O. The first kappa shape index (κ1) is 18.5. The molecule has 0 N–H and O–H groups in total. The van der Waals surface area contributed by atoms with Crippen LogP contribution in [0.5, 0.6) is 0 Å². The van der Waals surface area contributed by atoms with Crippen molar-refractivity contribution in [1.29, 1.82) is 0 Å². The normalized spacial score (nSPS) is 19.4. The third-order valence-corrected chi connectivity index (χ3v) is 2.61. The Morgan fingerprint density at radius 1 is 1.29 bits per heavy atom. The molecule has 1 unspecified atom stereocenters. The molecule has 0 aromatic rings. The van der Waals surface area contributed by atoms with Gasteiger partial charge >= 0.3 is 0 Å². The maximum atomic E-state index is 11.4. The van der Waals surface area contributed by atoms with Crippen LogP contribution < -0.4 is 0 Å². The molecule has 1 saturated heterocycles. The van der Waals surface area contributed by atoms with Gasteiger partial charge in [-0.15, -0.1) is 0 Å². The lowest BCUT2D eigenvalue weighted by Crippen LogP contribution is -2.53. The Labute approximate surface area is 107 Å². The molecule has 0 aromatic heterocycles. The summed E-state index contributed by atoms with van der Waals surface area (Å²) in [5.41, 5.74) is 0. The lowest BCUT2D eigenvalue weighted by molar-refractivity contribution is -0.130. The van der Waals surface area contributed by atoms with Crippen LogP contribution in [0, 0.1) is 0 Å². The first-order valence-corrected chi connectivity index (χ1v) is 6.80. The van der Waals surface area contributed by atoms with Gasteiger partial charge in [-0.1, -0.05) is 41.2 Å². The van der Waals surface area contributed by atoms with E-state index in [1.165, 1.54) is 6.08 Å². The number of piperazine rings is 1. The van der Waals surface area contributed by atoms with E-state index in [2.05, 4.69) is 25.5 Å². The summed E-state index contributed by atoms with van der Waals surface area (Å²) < 4.78 is 0. The molecule has 0 saturated carbocycles. The van der Waals surface area contributed by atoms with E-state index < -0.39 is 0 Å². The van der Waals surface area contributed by atoms with Crippen LogP contribution in [0.2, 0.25) is 0 Å². The van der Waals surface area contributed by atoms with E-state index in [1.807, 2.05) is 32.6 Å². The van der Waals surface area contributed by atoms with Gasteiger partial charge in [0.15, 0.2) is 0 Å². The summed E-state index contributed by atoms with van der Waals surface area (Å²) in [6.07, 6.45) is 2.43. The number of likely N-dealkylation sites (N-methyl/N-ethyl adjacent to an activating group) is 1. The number of nitrogens with zero attached hydrogens (tertiary/aromatic N) is 2. The van der Waals surface area contributed by atoms with Crippen LogP contribution in [0.1, 0.15) is 41.0 Å². The fourth-order valence-corrected chi connectivity index (χ4v) is 1.77. The number of hydrogen-bond acceptors (Lipinski definition) is 2. The van der Waals surface area contributed by atoms with E-state index in [0.29, 0.717) is 6.04 Å². The standard InChI is InChI=1S/C10H18N2O.2C2H6/c1-4-9-8-11(3)6-7-12(9)10(13)5-2;2*1-2/h5,9H,2,4,6-8H2,1,3H3;2*1-2H3. The largest absolute Gasteiger partial charge is 0.334 e. The molecule has 0 aliphatic carbocycles. The topological polar surface area (TPSA) is 23.6 Å². The molecule has 1 fully saturated rings. The van der Waals surface area contributed by atoms with Crippen LogP contribution in [0.15, 0.2) is 12.7 Å². The molecule has 3 nitrogen and oxygen atoms in total. The summed E-state index contributed by atoms with van der Waals surface area (Å²) in [6, 6.07) is 0.365. The minimum Gasteiger partial charge on any atom is -0.334 e. The van der Waals surface area contributed by atoms with E-state index in [0.717, 1.165) is 26.1 Å². The Morgan fingerprint density at radius 3 is 2.24 bits per heavy atom. The number of carbonyl (C=O) groups is 1. The highest BCUT2D eigenvalue weighted by molar-refractivity contribution is 5.87. The van der Waals surface area contributed by atoms with E-state index in [-0.39, 0.29) is 5.91 Å². The van der Waals surface area contributed by atoms with Crippen LogP contribution >= 0.6 is 0 Å². The Hall–Kier alpha value is -0.830. The first-order chi connectivity index (χ1) is 8.19. The maximum Gasteiger partial charge on any atom is 0.246 e. The van der Waals surface area contributed by atoms with Crippen molar-refractivity contribution in [2.45, 2.75) is 47.1 Å². The van der Waals surface area contributed by atoms with Crippen molar-refractivity contribution in [1.82, 2.24) is 9.80 Å². The van der Waals surface area contributed by atoms with Crippen molar-refractivity contribution in [3.8, 4) is 0 Å². The summed E-state index contributed by atoms with van der Waals surface area (Å²) >= 11 is 0. The summed E-state index contributed by atoms with van der Waals surface area (Å²) in [6.45, 7) is 16.4. The van der Waals surface area contributed by atoms with Gasteiger partial charge < -0.3 is 9.80 Å². The van der Waals surface area contributed by atoms with Gasteiger partial charge in [0, 0.05) is 25.7 Å². The predicted octanol–water partition coefficient (Wildman–Crippen LogP) is 2.78. The van der Waals surface area contributed by atoms with Crippen LogP contribution in [-0.2, 0) is 4.79 Å². The molecule has 0 spiro atoms. The zero-order valence-corrected chi connectivity index (χ0v) is 12.5. The summed E-state index contributed by atoms with van der Waals surface area (Å²) in [7, 11) is 2.10. The van der Waals surface area contributed by atoms with Crippen molar-refractivity contribution in [3.63, 3.8) is 0 Å². The fourth-order valence-electron chi connectivity index (χ4n) is 1.77. The van der Waals surface area contributed by atoms with Crippen LogP contribution in [0.3, 0.4) is 0 Å². The lowest BCUT2D eigenvalue weighted by Gasteiger charge is -2.39. The number of hydrogen-bond donors (Lipinski definition) is 0. The van der Waals surface area contributed by atoms with Crippen molar-refractivity contribution >= 4 is 5.91 Å². The molecule has 1 aliphatic rings.